The molecular weight excluding hydrogens is 328 g/mol. The van der Waals surface area contributed by atoms with Crippen molar-refractivity contribution in [2.45, 2.75) is 0 Å². The normalized spacial score (nSPS) is 14.5. The summed E-state index contributed by atoms with van der Waals surface area (Å²) < 4.78 is 10.5. The van der Waals surface area contributed by atoms with Gasteiger partial charge in [0.05, 0.1) is 14.2 Å². The number of benzene rings is 2. The summed E-state index contributed by atoms with van der Waals surface area (Å²) in [5.74, 6) is 1.36. The van der Waals surface area contributed by atoms with E-state index in [9.17, 15) is 4.79 Å². The van der Waals surface area contributed by atoms with Crippen molar-refractivity contribution in [3.05, 3.63) is 60.2 Å². The molecule has 5 nitrogen and oxygen atoms in total. The first-order valence-electron chi connectivity index (χ1n) is 8.70. The number of piperazine rings is 1. The Balaban J connectivity index is 1.58. The first-order chi connectivity index (χ1) is 12.7. The molecule has 136 valence electrons. The number of rotatable bonds is 5. The summed E-state index contributed by atoms with van der Waals surface area (Å²) in [5.41, 5.74) is 2.11. The Labute approximate surface area is 154 Å². The lowest BCUT2D eigenvalue weighted by atomic mass is 10.1. The molecule has 0 N–H and O–H groups in total. The number of methoxy groups -OCH3 is 2. The highest BCUT2D eigenvalue weighted by Gasteiger charge is 2.19. The summed E-state index contributed by atoms with van der Waals surface area (Å²) in [6.07, 6.45) is 3.44. The van der Waals surface area contributed by atoms with Gasteiger partial charge in [0.2, 0.25) is 5.91 Å². The van der Waals surface area contributed by atoms with Gasteiger partial charge in [-0.25, -0.2) is 0 Å². The molecule has 0 aromatic heterocycles. The minimum absolute atomic E-state index is 0.0347. The van der Waals surface area contributed by atoms with Crippen molar-refractivity contribution in [1.29, 1.82) is 0 Å². The molecule has 0 atom stereocenters. The highest BCUT2D eigenvalue weighted by atomic mass is 16.5. The van der Waals surface area contributed by atoms with Gasteiger partial charge in [-0.15, -0.1) is 0 Å². The van der Waals surface area contributed by atoms with Gasteiger partial charge in [0.1, 0.15) is 0 Å². The van der Waals surface area contributed by atoms with Gasteiger partial charge in [-0.2, -0.15) is 0 Å². The van der Waals surface area contributed by atoms with Crippen molar-refractivity contribution >= 4 is 17.7 Å². The van der Waals surface area contributed by atoms with Gasteiger partial charge in [0, 0.05) is 37.9 Å². The first-order valence-corrected chi connectivity index (χ1v) is 8.70. The Hall–Kier alpha value is -2.95. The lowest BCUT2D eigenvalue weighted by molar-refractivity contribution is -0.126. The van der Waals surface area contributed by atoms with Crippen molar-refractivity contribution in [3.8, 4) is 11.5 Å². The van der Waals surface area contributed by atoms with Crippen LogP contribution in [0.15, 0.2) is 54.6 Å². The number of carbonyl (C=O) groups excluding carboxylic acids is 1. The Morgan fingerprint density at radius 1 is 0.923 bits per heavy atom. The van der Waals surface area contributed by atoms with Crippen LogP contribution in [0.4, 0.5) is 5.69 Å². The molecule has 5 heteroatoms. The monoisotopic (exact) mass is 352 g/mol. The third-order valence-electron chi connectivity index (χ3n) is 4.54. The van der Waals surface area contributed by atoms with Crippen molar-refractivity contribution in [1.82, 2.24) is 4.90 Å². The van der Waals surface area contributed by atoms with Crippen LogP contribution in [-0.4, -0.2) is 51.2 Å². The molecule has 1 aliphatic heterocycles. The van der Waals surface area contributed by atoms with Crippen molar-refractivity contribution < 1.29 is 14.3 Å². The van der Waals surface area contributed by atoms with E-state index in [1.807, 2.05) is 47.4 Å². The maximum absolute atomic E-state index is 12.5. The molecule has 26 heavy (non-hydrogen) atoms. The molecule has 0 saturated carbocycles. The van der Waals surface area contributed by atoms with Crippen LogP contribution in [0.5, 0.6) is 11.5 Å². The van der Waals surface area contributed by atoms with Gasteiger partial charge in [0.25, 0.3) is 0 Å². The molecule has 3 rings (SSSR count). The average molecular weight is 352 g/mol. The Morgan fingerprint density at radius 3 is 2.27 bits per heavy atom. The molecule has 0 unspecified atom stereocenters. The standard InChI is InChI=1S/C21H24N2O3/c1-25-19-10-8-17(16-20(19)26-2)9-11-21(24)23-14-12-22(13-15-23)18-6-4-3-5-7-18/h3-11,16H,12-15H2,1-2H3/b11-9+. The highest BCUT2D eigenvalue weighted by Crippen LogP contribution is 2.28. The van der Waals surface area contributed by atoms with Crippen LogP contribution in [0, 0.1) is 0 Å². The van der Waals surface area contributed by atoms with Gasteiger partial charge in [0.15, 0.2) is 11.5 Å². The predicted octanol–water partition coefficient (Wildman–Crippen LogP) is 3.07. The van der Waals surface area contributed by atoms with Crippen LogP contribution in [0.2, 0.25) is 0 Å². The number of ether oxygens (including phenoxy) is 2. The molecule has 1 amide bonds. The summed E-state index contributed by atoms with van der Waals surface area (Å²) in [4.78, 5) is 16.6. The SMILES string of the molecule is COc1ccc(/C=C/C(=O)N2CCN(c3ccccc3)CC2)cc1OC. The van der Waals surface area contributed by atoms with E-state index in [1.54, 1.807) is 20.3 Å². The number of hydrogen-bond acceptors (Lipinski definition) is 4. The Kier molecular flexibility index (Phi) is 5.79. The van der Waals surface area contributed by atoms with Crippen molar-refractivity contribution in [3.63, 3.8) is 0 Å². The van der Waals surface area contributed by atoms with Gasteiger partial charge >= 0.3 is 0 Å². The number of amides is 1. The van der Waals surface area contributed by atoms with Crippen LogP contribution in [-0.2, 0) is 4.79 Å². The quantitative estimate of drug-likeness (QED) is 0.776. The fraction of sp³-hybridized carbons (Fsp3) is 0.286. The number of anilines is 1. The molecule has 1 heterocycles. The van der Waals surface area contributed by atoms with Crippen LogP contribution < -0.4 is 14.4 Å². The fourth-order valence-corrected chi connectivity index (χ4v) is 3.05. The first kappa shape index (κ1) is 17.9. The number of hydrogen-bond donors (Lipinski definition) is 0. The molecule has 2 aromatic rings. The summed E-state index contributed by atoms with van der Waals surface area (Å²) in [7, 11) is 3.20. The van der Waals surface area contributed by atoms with Crippen LogP contribution in [0.3, 0.4) is 0 Å². The third-order valence-corrected chi connectivity index (χ3v) is 4.54. The van der Waals surface area contributed by atoms with Gasteiger partial charge in [-0.3, -0.25) is 4.79 Å². The van der Waals surface area contributed by atoms with Gasteiger partial charge in [-0.1, -0.05) is 24.3 Å². The van der Waals surface area contributed by atoms with E-state index >= 15 is 0 Å². The van der Waals surface area contributed by atoms with E-state index in [1.165, 1.54) is 5.69 Å². The van der Waals surface area contributed by atoms with E-state index < -0.39 is 0 Å². The van der Waals surface area contributed by atoms with E-state index in [-0.39, 0.29) is 5.91 Å². The second-order valence-electron chi connectivity index (χ2n) is 6.10. The van der Waals surface area contributed by atoms with Crippen molar-refractivity contribution in [2.24, 2.45) is 0 Å². The fourth-order valence-electron chi connectivity index (χ4n) is 3.05. The number of nitrogens with zero attached hydrogens (tertiary/aromatic N) is 2. The summed E-state index contributed by atoms with van der Waals surface area (Å²) in [5, 5.41) is 0. The van der Waals surface area contributed by atoms with Gasteiger partial charge < -0.3 is 19.3 Å². The minimum Gasteiger partial charge on any atom is -0.493 e. The van der Waals surface area contributed by atoms with Crippen LogP contribution in [0.1, 0.15) is 5.56 Å². The lowest BCUT2D eigenvalue weighted by Gasteiger charge is -2.35. The smallest absolute Gasteiger partial charge is 0.246 e. The van der Waals surface area contributed by atoms with Crippen molar-refractivity contribution in [2.75, 3.05) is 45.3 Å². The lowest BCUT2D eigenvalue weighted by Crippen LogP contribution is -2.48. The van der Waals surface area contributed by atoms with Crippen LogP contribution >= 0.6 is 0 Å². The second kappa shape index (κ2) is 8.43. The number of para-hydroxylation sites is 1. The molecule has 0 spiro atoms. The van der Waals surface area contributed by atoms with Gasteiger partial charge in [-0.05, 0) is 35.9 Å². The van der Waals surface area contributed by atoms with E-state index in [2.05, 4.69) is 17.0 Å². The minimum atomic E-state index is 0.0347. The zero-order valence-electron chi connectivity index (χ0n) is 15.2. The average Bonchev–Trinajstić information content (AvgIpc) is 2.72. The molecule has 2 aromatic carbocycles. The Bertz CT molecular complexity index is 766. The van der Waals surface area contributed by atoms with E-state index in [0.717, 1.165) is 31.7 Å². The van der Waals surface area contributed by atoms with Crippen LogP contribution in [0.25, 0.3) is 6.08 Å². The highest BCUT2D eigenvalue weighted by molar-refractivity contribution is 5.92. The maximum atomic E-state index is 12.5. The zero-order chi connectivity index (χ0) is 18.4. The summed E-state index contributed by atoms with van der Waals surface area (Å²) in [6.45, 7) is 3.15. The largest absolute Gasteiger partial charge is 0.493 e. The zero-order valence-corrected chi connectivity index (χ0v) is 15.2. The molecule has 1 aliphatic rings. The third kappa shape index (κ3) is 4.17. The summed E-state index contributed by atoms with van der Waals surface area (Å²) in [6, 6.07) is 15.9. The Morgan fingerprint density at radius 2 is 1.62 bits per heavy atom. The molecule has 0 radical (unpaired) electrons. The van der Waals surface area contributed by atoms with E-state index in [4.69, 9.17) is 9.47 Å². The van der Waals surface area contributed by atoms with E-state index in [0.29, 0.717) is 11.5 Å². The molecule has 1 saturated heterocycles. The summed E-state index contributed by atoms with van der Waals surface area (Å²) >= 11 is 0. The topological polar surface area (TPSA) is 42.0 Å². The molecule has 1 fully saturated rings. The number of carbonyl (C=O) groups is 1. The molecule has 0 aliphatic carbocycles. The maximum Gasteiger partial charge on any atom is 0.246 e. The molecule has 0 bridgehead atoms. The predicted molar refractivity (Wildman–Crippen MR) is 104 cm³/mol. The molecular formula is C21H24N2O3. The second-order valence-corrected chi connectivity index (χ2v) is 6.10.